The first kappa shape index (κ1) is 21.2. The van der Waals surface area contributed by atoms with Crippen LogP contribution in [0.25, 0.3) is 0 Å². The van der Waals surface area contributed by atoms with Crippen molar-refractivity contribution in [3.8, 4) is 5.75 Å². The van der Waals surface area contributed by atoms with Crippen molar-refractivity contribution in [2.45, 2.75) is 46.3 Å². The second-order valence-corrected chi connectivity index (χ2v) is 9.61. The molecule has 29 heavy (non-hydrogen) atoms. The third-order valence-electron chi connectivity index (χ3n) is 5.20. The minimum absolute atomic E-state index is 0.0512. The Kier molecular flexibility index (Phi) is 5.89. The molecule has 2 aromatic rings. The Bertz CT molecular complexity index is 1030. The van der Waals surface area contributed by atoms with Crippen molar-refractivity contribution in [3.63, 3.8) is 0 Å². The zero-order valence-corrected chi connectivity index (χ0v) is 18.3. The van der Waals surface area contributed by atoms with E-state index in [9.17, 15) is 13.2 Å². The number of carbonyl (C=O) groups is 1. The lowest BCUT2D eigenvalue weighted by molar-refractivity contribution is -0.128. The maximum atomic E-state index is 13.0. The Labute approximate surface area is 172 Å². The molecule has 1 aliphatic heterocycles. The van der Waals surface area contributed by atoms with Gasteiger partial charge in [-0.25, -0.2) is 8.42 Å². The number of ether oxygens (including phenoxy) is 1. The predicted molar refractivity (Wildman–Crippen MR) is 115 cm³/mol. The first-order chi connectivity index (χ1) is 13.6. The summed E-state index contributed by atoms with van der Waals surface area (Å²) in [6, 6.07) is 11.3. The summed E-state index contributed by atoms with van der Waals surface area (Å²) in [6.07, 6.45) is 0.942. The maximum Gasteiger partial charge on any atom is 0.263 e. The van der Waals surface area contributed by atoms with Crippen LogP contribution in [-0.4, -0.2) is 33.2 Å². The molecule has 0 radical (unpaired) electrons. The smallest absolute Gasteiger partial charge is 0.263 e. The second-order valence-electron chi connectivity index (χ2n) is 7.70. The van der Waals surface area contributed by atoms with Gasteiger partial charge in [0.25, 0.3) is 5.91 Å². The molecule has 2 atom stereocenters. The molecule has 0 saturated carbocycles. The fourth-order valence-corrected chi connectivity index (χ4v) is 4.60. The van der Waals surface area contributed by atoms with Gasteiger partial charge in [-0.2, -0.15) is 0 Å². The first-order valence-electron chi connectivity index (χ1n) is 9.72. The molecule has 0 aliphatic carbocycles. The van der Waals surface area contributed by atoms with E-state index in [0.717, 1.165) is 22.9 Å². The summed E-state index contributed by atoms with van der Waals surface area (Å²) in [5, 5.41) is 3.04. The van der Waals surface area contributed by atoms with Crippen LogP contribution >= 0.6 is 0 Å². The van der Waals surface area contributed by atoms with Crippen LogP contribution in [0.1, 0.15) is 41.6 Å². The van der Waals surface area contributed by atoms with E-state index in [2.05, 4.69) is 11.4 Å². The Balaban J connectivity index is 1.86. The summed E-state index contributed by atoms with van der Waals surface area (Å²) in [6.45, 7) is 7.90. The average Bonchev–Trinajstić information content (AvgIpc) is 2.64. The van der Waals surface area contributed by atoms with Gasteiger partial charge in [0.1, 0.15) is 5.75 Å². The zero-order chi connectivity index (χ0) is 21.3. The van der Waals surface area contributed by atoms with Gasteiger partial charge in [0.15, 0.2) is 6.10 Å². The van der Waals surface area contributed by atoms with Crippen LogP contribution in [0, 0.1) is 20.8 Å². The van der Waals surface area contributed by atoms with E-state index >= 15 is 0 Å². The summed E-state index contributed by atoms with van der Waals surface area (Å²) in [5.74, 6) is 0.0729. The molecule has 2 aromatic carbocycles. The second kappa shape index (κ2) is 8.06. The fraction of sp³-hybridized carbons (Fsp3) is 0.409. The van der Waals surface area contributed by atoms with E-state index in [-0.39, 0.29) is 18.5 Å². The largest absolute Gasteiger partial charge is 0.476 e. The van der Waals surface area contributed by atoms with E-state index < -0.39 is 16.1 Å². The maximum absolute atomic E-state index is 13.0. The van der Waals surface area contributed by atoms with Crippen LogP contribution in [0.5, 0.6) is 5.75 Å². The average molecular weight is 417 g/mol. The zero-order valence-electron chi connectivity index (χ0n) is 17.5. The van der Waals surface area contributed by atoms with Crippen molar-refractivity contribution in [2.24, 2.45) is 0 Å². The highest BCUT2D eigenvalue weighted by atomic mass is 32.2. The van der Waals surface area contributed by atoms with Crippen molar-refractivity contribution in [1.29, 1.82) is 0 Å². The molecule has 1 N–H and O–H groups in total. The summed E-state index contributed by atoms with van der Waals surface area (Å²) in [4.78, 5) is 13.0. The van der Waals surface area contributed by atoms with Crippen LogP contribution in [0.3, 0.4) is 0 Å². The number of nitrogens with one attached hydrogen (secondary N) is 1. The lowest BCUT2D eigenvalue weighted by atomic mass is 9.97. The quantitative estimate of drug-likeness (QED) is 0.811. The highest BCUT2D eigenvalue weighted by Crippen LogP contribution is 2.36. The molecule has 1 aliphatic rings. The van der Waals surface area contributed by atoms with Crippen molar-refractivity contribution in [1.82, 2.24) is 5.32 Å². The van der Waals surface area contributed by atoms with Crippen molar-refractivity contribution in [3.05, 3.63) is 58.7 Å². The Morgan fingerprint density at radius 3 is 2.45 bits per heavy atom. The minimum atomic E-state index is -3.55. The molecule has 0 unspecified atom stereocenters. The predicted octanol–water partition coefficient (Wildman–Crippen LogP) is 3.41. The van der Waals surface area contributed by atoms with Gasteiger partial charge in [-0.1, -0.05) is 36.8 Å². The highest BCUT2D eigenvalue weighted by molar-refractivity contribution is 7.92. The number of benzene rings is 2. The number of rotatable bonds is 5. The van der Waals surface area contributed by atoms with E-state index in [1.165, 1.54) is 9.87 Å². The van der Waals surface area contributed by atoms with Gasteiger partial charge >= 0.3 is 0 Å². The molecule has 0 saturated heterocycles. The molecule has 6 nitrogen and oxygen atoms in total. The Hall–Kier alpha value is -2.54. The Morgan fingerprint density at radius 1 is 1.17 bits per heavy atom. The molecule has 0 bridgehead atoms. The number of hydrogen-bond donors (Lipinski definition) is 1. The van der Waals surface area contributed by atoms with Crippen LogP contribution < -0.4 is 14.4 Å². The van der Waals surface area contributed by atoms with Gasteiger partial charge in [-0.3, -0.25) is 9.10 Å². The van der Waals surface area contributed by atoms with Crippen molar-refractivity contribution < 1.29 is 17.9 Å². The lowest BCUT2D eigenvalue weighted by Gasteiger charge is -2.35. The van der Waals surface area contributed by atoms with Crippen molar-refractivity contribution >= 4 is 21.6 Å². The number of hydrogen-bond acceptors (Lipinski definition) is 4. The van der Waals surface area contributed by atoms with Gasteiger partial charge in [-0.05, 0) is 56.0 Å². The summed E-state index contributed by atoms with van der Waals surface area (Å²) >= 11 is 0. The van der Waals surface area contributed by atoms with Crippen LogP contribution in [0.4, 0.5) is 5.69 Å². The number of carbonyl (C=O) groups excluding carboxylic acids is 1. The molecule has 0 spiro atoms. The molecular formula is C22H28N2O4S. The van der Waals surface area contributed by atoms with Crippen LogP contribution in [0.2, 0.25) is 0 Å². The standard InChI is InChI=1S/C22H28N2O4S/c1-6-18(17-9-7-14(2)11-16(17)4)23-22(25)21-13-24(29(5,26)27)19-12-15(3)8-10-20(19)28-21/h7-12,18,21H,6,13H2,1-5H3,(H,23,25)/t18-,21+/m1/s1. The SMILES string of the molecule is CC[C@@H](NC(=O)[C@@H]1CN(S(C)(=O)=O)c2cc(C)ccc2O1)c1ccc(C)cc1C. The molecule has 1 heterocycles. The molecule has 3 rings (SSSR count). The van der Waals surface area contributed by atoms with E-state index in [4.69, 9.17) is 4.74 Å². The first-order valence-corrected chi connectivity index (χ1v) is 11.6. The van der Waals surface area contributed by atoms with Gasteiger partial charge in [0.05, 0.1) is 24.5 Å². The molecule has 1 amide bonds. The van der Waals surface area contributed by atoms with Crippen LogP contribution in [0.15, 0.2) is 36.4 Å². The van der Waals surface area contributed by atoms with E-state index in [1.807, 2.05) is 45.9 Å². The van der Waals surface area contributed by atoms with Gasteiger partial charge in [-0.15, -0.1) is 0 Å². The Morgan fingerprint density at radius 2 is 1.83 bits per heavy atom. The molecular weight excluding hydrogens is 388 g/mol. The van der Waals surface area contributed by atoms with Gasteiger partial charge in [0, 0.05) is 0 Å². The molecule has 7 heteroatoms. The summed E-state index contributed by atoms with van der Waals surface area (Å²) in [5.41, 5.74) is 4.72. The third kappa shape index (κ3) is 4.56. The minimum Gasteiger partial charge on any atom is -0.476 e. The van der Waals surface area contributed by atoms with Crippen LogP contribution in [-0.2, 0) is 14.8 Å². The molecule has 0 fully saturated rings. The number of aryl methyl sites for hydroxylation is 3. The summed E-state index contributed by atoms with van der Waals surface area (Å²) < 4.78 is 31.8. The van der Waals surface area contributed by atoms with Crippen molar-refractivity contribution in [2.75, 3.05) is 17.1 Å². The lowest BCUT2D eigenvalue weighted by Crippen LogP contribution is -2.51. The number of fused-ring (bicyclic) bond motifs is 1. The molecule has 156 valence electrons. The fourth-order valence-electron chi connectivity index (χ4n) is 3.69. The van der Waals surface area contributed by atoms with E-state index in [0.29, 0.717) is 17.9 Å². The molecule has 0 aromatic heterocycles. The monoisotopic (exact) mass is 416 g/mol. The number of anilines is 1. The number of sulfonamides is 1. The van der Waals surface area contributed by atoms with E-state index in [1.54, 1.807) is 12.1 Å². The number of amides is 1. The topological polar surface area (TPSA) is 75.7 Å². The third-order valence-corrected chi connectivity index (χ3v) is 6.35. The summed E-state index contributed by atoms with van der Waals surface area (Å²) in [7, 11) is -3.55. The number of nitrogens with zero attached hydrogens (tertiary/aromatic N) is 1. The normalized spacial score (nSPS) is 17.3. The van der Waals surface area contributed by atoms with Gasteiger partial charge in [0.2, 0.25) is 10.0 Å². The highest BCUT2D eigenvalue weighted by Gasteiger charge is 2.35. The van der Waals surface area contributed by atoms with Gasteiger partial charge < -0.3 is 10.1 Å².